The molecule has 1 aromatic carbocycles. The molecular formula is C26H28FN7O2. The number of hydrogen-bond acceptors (Lipinski definition) is 7. The third-order valence-corrected chi connectivity index (χ3v) is 5.86. The number of anilines is 2. The average molecular weight is 490 g/mol. The molecule has 1 saturated heterocycles. The van der Waals surface area contributed by atoms with Crippen molar-refractivity contribution in [1.82, 2.24) is 29.7 Å². The number of aromatic nitrogens is 4. The Kier molecular flexibility index (Phi) is 6.77. The lowest BCUT2D eigenvalue weighted by Gasteiger charge is -2.19. The van der Waals surface area contributed by atoms with Crippen molar-refractivity contribution in [3.05, 3.63) is 66.5 Å². The molecule has 10 heteroatoms. The number of amides is 1. The van der Waals surface area contributed by atoms with Gasteiger partial charge in [-0.25, -0.2) is 19.3 Å². The fourth-order valence-electron chi connectivity index (χ4n) is 4.14. The minimum Gasteiger partial charge on any atom is -0.489 e. The molecule has 5 rings (SSSR count). The molecule has 0 bridgehead atoms. The van der Waals surface area contributed by atoms with Gasteiger partial charge in [0.15, 0.2) is 5.82 Å². The molecule has 0 spiro atoms. The summed E-state index contributed by atoms with van der Waals surface area (Å²) in [5.41, 5.74) is 2.36. The topological polar surface area (TPSA) is 97.2 Å². The summed E-state index contributed by atoms with van der Waals surface area (Å²) in [6, 6.07) is 9.80. The van der Waals surface area contributed by atoms with Crippen LogP contribution in [-0.2, 0) is 0 Å². The SMILES string of the molecule is CC(C)Oc1cc(F)ccc1Nc1ncnc2ccc(-n3ccc(C(=O)N4CCCNCC4)c3)nc12. The molecule has 0 unspecified atom stereocenters. The van der Waals surface area contributed by atoms with Crippen molar-refractivity contribution in [2.75, 3.05) is 31.5 Å². The second-order valence-corrected chi connectivity index (χ2v) is 8.89. The number of fused-ring (bicyclic) bond motifs is 1. The van der Waals surface area contributed by atoms with E-state index < -0.39 is 5.82 Å². The highest BCUT2D eigenvalue weighted by Crippen LogP contribution is 2.31. The summed E-state index contributed by atoms with van der Waals surface area (Å²) in [6.45, 7) is 6.91. The van der Waals surface area contributed by atoms with Gasteiger partial charge in [0, 0.05) is 38.1 Å². The molecule has 4 heterocycles. The number of carbonyl (C=O) groups is 1. The average Bonchev–Trinajstić information content (AvgIpc) is 3.20. The fourth-order valence-corrected chi connectivity index (χ4v) is 4.14. The van der Waals surface area contributed by atoms with E-state index in [1.165, 1.54) is 18.5 Å². The zero-order valence-corrected chi connectivity index (χ0v) is 20.2. The van der Waals surface area contributed by atoms with Gasteiger partial charge in [-0.05, 0) is 57.1 Å². The molecular weight excluding hydrogens is 461 g/mol. The zero-order valence-electron chi connectivity index (χ0n) is 20.2. The summed E-state index contributed by atoms with van der Waals surface area (Å²) < 4.78 is 21.4. The third kappa shape index (κ3) is 5.13. The van der Waals surface area contributed by atoms with E-state index in [2.05, 4.69) is 20.6 Å². The summed E-state index contributed by atoms with van der Waals surface area (Å²) in [5, 5.41) is 6.53. The monoisotopic (exact) mass is 489 g/mol. The molecule has 0 radical (unpaired) electrons. The Morgan fingerprint density at radius 1 is 1.14 bits per heavy atom. The summed E-state index contributed by atoms with van der Waals surface area (Å²) in [7, 11) is 0. The Balaban J connectivity index is 1.45. The van der Waals surface area contributed by atoms with Crippen molar-refractivity contribution in [3.8, 4) is 11.6 Å². The number of pyridine rings is 1. The zero-order chi connectivity index (χ0) is 25.1. The summed E-state index contributed by atoms with van der Waals surface area (Å²) >= 11 is 0. The van der Waals surface area contributed by atoms with Crippen LogP contribution in [-0.4, -0.2) is 62.6 Å². The maximum atomic E-state index is 13.8. The number of ether oxygens (including phenoxy) is 1. The van der Waals surface area contributed by atoms with Gasteiger partial charge in [-0.2, -0.15) is 0 Å². The largest absolute Gasteiger partial charge is 0.489 e. The van der Waals surface area contributed by atoms with Gasteiger partial charge in [0.1, 0.15) is 29.2 Å². The standard InChI is InChI=1S/C26H28FN7O2/c1-17(2)36-22-14-19(27)4-5-20(22)31-25-24-21(29-16-30-25)6-7-23(32-24)34-12-8-18(15-34)26(35)33-11-3-9-28-10-13-33/h4-8,12,14-17,28H,3,9-11,13H2,1-2H3,(H,29,30,31). The highest BCUT2D eigenvalue weighted by Gasteiger charge is 2.19. The molecule has 36 heavy (non-hydrogen) atoms. The van der Waals surface area contributed by atoms with Gasteiger partial charge < -0.3 is 24.8 Å². The summed E-state index contributed by atoms with van der Waals surface area (Å²) in [4.78, 5) is 28.3. The number of hydrogen-bond donors (Lipinski definition) is 2. The molecule has 2 N–H and O–H groups in total. The number of nitrogens with one attached hydrogen (secondary N) is 2. The normalized spacial score (nSPS) is 14.2. The van der Waals surface area contributed by atoms with Gasteiger partial charge in [-0.3, -0.25) is 4.79 Å². The van der Waals surface area contributed by atoms with E-state index >= 15 is 0 Å². The molecule has 0 aliphatic carbocycles. The van der Waals surface area contributed by atoms with Gasteiger partial charge in [-0.15, -0.1) is 0 Å². The van der Waals surface area contributed by atoms with Crippen LogP contribution in [0.5, 0.6) is 5.75 Å². The first-order valence-corrected chi connectivity index (χ1v) is 12.0. The molecule has 0 atom stereocenters. The van der Waals surface area contributed by atoms with Crippen molar-refractivity contribution >= 4 is 28.4 Å². The molecule has 4 aromatic rings. The number of nitrogens with zero attached hydrogens (tertiary/aromatic N) is 5. The molecule has 9 nitrogen and oxygen atoms in total. The van der Waals surface area contributed by atoms with E-state index in [-0.39, 0.29) is 12.0 Å². The molecule has 1 fully saturated rings. The Labute approximate surface area is 208 Å². The number of benzene rings is 1. The predicted molar refractivity (Wildman–Crippen MR) is 135 cm³/mol. The Hall–Kier alpha value is -4.05. The number of rotatable bonds is 6. The molecule has 186 valence electrons. The van der Waals surface area contributed by atoms with Crippen LogP contribution in [0.3, 0.4) is 0 Å². The van der Waals surface area contributed by atoms with E-state index in [0.29, 0.717) is 46.2 Å². The lowest BCUT2D eigenvalue weighted by molar-refractivity contribution is 0.0766. The minimum atomic E-state index is -0.390. The molecule has 3 aromatic heterocycles. The van der Waals surface area contributed by atoms with Crippen LogP contribution in [0.2, 0.25) is 0 Å². The van der Waals surface area contributed by atoms with Crippen molar-refractivity contribution in [2.24, 2.45) is 0 Å². The highest BCUT2D eigenvalue weighted by molar-refractivity contribution is 5.94. The maximum absolute atomic E-state index is 13.8. The van der Waals surface area contributed by atoms with E-state index in [1.54, 1.807) is 18.3 Å². The van der Waals surface area contributed by atoms with Gasteiger partial charge in [0.25, 0.3) is 5.91 Å². The Morgan fingerprint density at radius 2 is 2.03 bits per heavy atom. The molecule has 1 amide bonds. The second-order valence-electron chi connectivity index (χ2n) is 8.89. The Bertz CT molecular complexity index is 1380. The maximum Gasteiger partial charge on any atom is 0.255 e. The smallest absolute Gasteiger partial charge is 0.255 e. The third-order valence-electron chi connectivity index (χ3n) is 5.86. The first-order valence-electron chi connectivity index (χ1n) is 12.0. The summed E-state index contributed by atoms with van der Waals surface area (Å²) in [6.07, 6.45) is 5.87. The van der Waals surface area contributed by atoms with E-state index in [9.17, 15) is 9.18 Å². The second kappa shape index (κ2) is 10.3. The van der Waals surface area contributed by atoms with Crippen molar-refractivity contribution < 1.29 is 13.9 Å². The van der Waals surface area contributed by atoms with Gasteiger partial charge in [0.2, 0.25) is 0 Å². The number of halogens is 1. The van der Waals surface area contributed by atoms with E-state index in [4.69, 9.17) is 9.72 Å². The van der Waals surface area contributed by atoms with Crippen LogP contribution in [0.4, 0.5) is 15.9 Å². The first-order chi connectivity index (χ1) is 17.5. The quantitative estimate of drug-likeness (QED) is 0.424. The van der Waals surface area contributed by atoms with Crippen LogP contribution in [0.15, 0.2) is 55.1 Å². The first kappa shape index (κ1) is 23.7. The van der Waals surface area contributed by atoms with Crippen molar-refractivity contribution in [3.63, 3.8) is 0 Å². The van der Waals surface area contributed by atoms with Gasteiger partial charge >= 0.3 is 0 Å². The lowest BCUT2D eigenvalue weighted by Crippen LogP contribution is -2.33. The van der Waals surface area contributed by atoms with Crippen LogP contribution < -0.4 is 15.4 Å². The van der Waals surface area contributed by atoms with Gasteiger partial charge in [-0.1, -0.05) is 0 Å². The van der Waals surface area contributed by atoms with Crippen LogP contribution in [0, 0.1) is 5.82 Å². The molecule has 0 saturated carbocycles. The van der Waals surface area contributed by atoms with Crippen LogP contribution in [0.25, 0.3) is 16.9 Å². The van der Waals surface area contributed by atoms with Crippen molar-refractivity contribution in [1.29, 1.82) is 0 Å². The summed E-state index contributed by atoms with van der Waals surface area (Å²) in [5.74, 6) is 1.08. The minimum absolute atomic E-state index is 0.0120. The highest BCUT2D eigenvalue weighted by atomic mass is 19.1. The van der Waals surface area contributed by atoms with Crippen LogP contribution >= 0.6 is 0 Å². The van der Waals surface area contributed by atoms with E-state index in [1.807, 2.05) is 41.6 Å². The predicted octanol–water partition coefficient (Wildman–Crippen LogP) is 3.92. The van der Waals surface area contributed by atoms with Crippen LogP contribution in [0.1, 0.15) is 30.6 Å². The lowest BCUT2D eigenvalue weighted by atomic mass is 10.2. The van der Waals surface area contributed by atoms with Gasteiger partial charge in [0.05, 0.1) is 22.9 Å². The molecule has 1 aliphatic heterocycles. The molecule has 1 aliphatic rings. The fraction of sp³-hybridized carbons (Fsp3) is 0.308. The Morgan fingerprint density at radius 3 is 2.89 bits per heavy atom. The van der Waals surface area contributed by atoms with Crippen molar-refractivity contribution in [2.45, 2.75) is 26.4 Å². The van der Waals surface area contributed by atoms with E-state index in [0.717, 1.165) is 26.1 Å². The number of carbonyl (C=O) groups excluding carboxylic acids is 1.